The van der Waals surface area contributed by atoms with Crippen LogP contribution < -0.4 is 9.47 Å². The average molecular weight is 372 g/mol. The average Bonchev–Trinajstić information content (AvgIpc) is 3.25. The van der Waals surface area contributed by atoms with Crippen LogP contribution in [0, 0.1) is 5.92 Å². The van der Waals surface area contributed by atoms with Gasteiger partial charge in [-0.15, -0.1) is 0 Å². The Kier molecular flexibility index (Phi) is 2.72. The van der Waals surface area contributed by atoms with E-state index in [0.29, 0.717) is 12.0 Å². The zero-order chi connectivity index (χ0) is 18.6. The number of hydrogen-bond donors (Lipinski definition) is 1. The second kappa shape index (κ2) is 4.93. The molecule has 4 heteroatoms. The van der Waals surface area contributed by atoms with Gasteiger partial charge in [0.25, 0.3) is 0 Å². The fourth-order valence-corrected chi connectivity index (χ4v) is 6.96. The maximum atomic E-state index is 6.82. The van der Waals surface area contributed by atoms with Crippen LogP contribution in [0.3, 0.4) is 0 Å². The van der Waals surface area contributed by atoms with Crippen LogP contribution in [0.25, 0.3) is 10.9 Å². The van der Waals surface area contributed by atoms with Crippen molar-refractivity contribution in [2.45, 2.75) is 36.8 Å². The number of methoxy groups -OCH3 is 1. The third-order valence-electron chi connectivity index (χ3n) is 8.13. The molecule has 2 aliphatic heterocycles. The van der Waals surface area contributed by atoms with Crippen molar-refractivity contribution in [3.8, 4) is 11.5 Å². The molecule has 7 rings (SSSR count). The quantitative estimate of drug-likeness (QED) is 0.702. The van der Waals surface area contributed by atoms with E-state index in [0.717, 1.165) is 37.3 Å². The van der Waals surface area contributed by atoms with E-state index in [-0.39, 0.29) is 11.5 Å². The summed E-state index contributed by atoms with van der Waals surface area (Å²) in [5.74, 6) is 2.48. The number of ether oxygens (including phenoxy) is 2. The first-order valence-electron chi connectivity index (χ1n) is 10.4. The predicted molar refractivity (Wildman–Crippen MR) is 108 cm³/mol. The zero-order valence-electron chi connectivity index (χ0n) is 16.3. The van der Waals surface area contributed by atoms with Gasteiger partial charge in [-0.25, -0.2) is 0 Å². The second-order valence-corrected chi connectivity index (χ2v) is 9.04. The van der Waals surface area contributed by atoms with Gasteiger partial charge in [0.15, 0.2) is 11.5 Å². The van der Waals surface area contributed by atoms with Crippen LogP contribution in [0.2, 0.25) is 0 Å². The monoisotopic (exact) mass is 372 g/mol. The van der Waals surface area contributed by atoms with E-state index in [9.17, 15) is 0 Å². The maximum Gasteiger partial charge on any atom is 0.166 e. The number of likely N-dealkylation sites (tertiary alicyclic amines) is 1. The van der Waals surface area contributed by atoms with Crippen molar-refractivity contribution in [1.82, 2.24) is 9.88 Å². The van der Waals surface area contributed by atoms with Crippen molar-refractivity contribution in [1.29, 1.82) is 0 Å². The minimum Gasteiger partial charge on any atom is -0.493 e. The molecule has 2 aliphatic carbocycles. The summed E-state index contributed by atoms with van der Waals surface area (Å²) in [4.78, 5) is 6.35. The number of fused-ring (bicyclic) bond motifs is 4. The van der Waals surface area contributed by atoms with E-state index in [2.05, 4.69) is 53.3 Å². The number of nitrogens with one attached hydrogen (secondary N) is 1. The topological polar surface area (TPSA) is 37.5 Å². The lowest BCUT2D eigenvalue weighted by Crippen LogP contribution is -2.62. The lowest BCUT2D eigenvalue weighted by molar-refractivity contribution is -0.0252. The molecule has 0 unspecified atom stereocenters. The summed E-state index contributed by atoms with van der Waals surface area (Å²) in [6.07, 6.45) is 3.46. The summed E-state index contributed by atoms with van der Waals surface area (Å²) < 4.78 is 12.6. The SMILES string of the molecule is COc1ccc2c3c1O[C@H]1c4[nH]c5ccccc5c4C[C@H]4[C@H](C2)N(C)CC[C@]314. The van der Waals surface area contributed by atoms with Crippen molar-refractivity contribution < 1.29 is 9.47 Å². The van der Waals surface area contributed by atoms with Crippen LogP contribution in [0.5, 0.6) is 11.5 Å². The summed E-state index contributed by atoms with van der Waals surface area (Å²) in [7, 11) is 4.07. The number of aromatic amines is 1. The Morgan fingerprint density at radius 1 is 1.18 bits per heavy atom. The van der Waals surface area contributed by atoms with E-state index in [1.807, 2.05) is 0 Å². The molecule has 0 amide bonds. The van der Waals surface area contributed by atoms with Crippen molar-refractivity contribution in [2.24, 2.45) is 5.92 Å². The number of H-pyrrole nitrogens is 1. The van der Waals surface area contributed by atoms with Crippen molar-refractivity contribution in [2.75, 3.05) is 20.7 Å². The van der Waals surface area contributed by atoms with Crippen LogP contribution in [0.4, 0.5) is 0 Å². The first-order valence-corrected chi connectivity index (χ1v) is 10.4. The first kappa shape index (κ1) is 15.5. The number of nitrogens with zero attached hydrogens (tertiary/aromatic N) is 1. The second-order valence-electron chi connectivity index (χ2n) is 9.04. The van der Waals surface area contributed by atoms with Gasteiger partial charge < -0.3 is 19.4 Å². The molecule has 1 fully saturated rings. The molecule has 2 aromatic carbocycles. The molecular weight excluding hydrogens is 348 g/mol. The molecule has 28 heavy (non-hydrogen) atoms. The van der Waals surface area contributed by atoms with Crippen LogP contribution in [-0.2, 0) is 18.3 Å². The number of piperidine rings is 1. The number of rotatable bonds is 1. The Morgan fingerprint density at radius 2 is 2.07 bits per heavy atom. The predicted octanol–water partition coefficient (Wildman–Crippen LogP) is 3.98. The lowest BCUT2D eigenvalue weighted by atomic mass is 9.52. The number of hydrogen-bond acceptors (Lipinski definition) is 3. The van der Waals surface area contributed by atoms with Crippen LogP contribution >= 0.6 is 0 Å². The standard InChI is InChI=1S/C24H24N2O2/c1-26-10-9-24-16-12-15-14-5-3-4-6-17(14)25-21(15)23(24)28-22-19(27-2)8-7-13(20(22)24)11-18(16)26/h3-8,16,18,23,25H,9-12H2,1-2H3/t16-,18-,23-,24-/m0/s1. The highest BCUT2D eigenvalue weighted by atomic mass is 16.5. The molecule has 3 aromatic rings. The van der Waals surface area contributed by atoms with E-state index < -0.39 is 0 Å². The van der Waals surface area contributed by atoms with Gasteiger partial charge in [0, 0.05) is 27.9 Å². The molecule has 142 valence electrons. The Balaban J connectivity index is 1.57. The minimum absolute atomic E-state index is 0.0650. The summed E-state index contributed by atoms with van der Waals surface area (Å²) in [6.45, 7) is 1.13. The third-order valence-corrected chi connectivity index (χ3v) is 8.13. The highest BCUT2D eigenvalue weighted by Crippen LogP contribution is 2.67. The van der Waals surface area contributed by atoms with Crippen LogP contribution in [-0.4, -0.2) is 36.6 Å². The molecule has 1 aromatic heterocycles. The molecule has 3 heterocycles. The molecule has 4 nitrogen and oxygen atoms in total. The zero-order valence-corrected chi connectivity index (χ0v) is 16.3. The molecule has 4 aliphatic rings. The summed E-state index contributed by atoms with van der Waals surface area (Å²) >= 11 is 0. The van der Waals surface area contributed by atoms with Crippen LogP contribution in [0.1, 0.15) is 34.9 Å². The normalized spacial score (nSPS) is 32.0. The van der Waals surface area contributed by atoms with Crippen molar-refractivity contribution >= 4 is 10.9 Å². The van der Waals surface area contributed by atoms with Crippen LogP contribution in [0.15, 0.2) is 36.4 Å². The van der Waals surface area contributed by atoms with Crippen molar-refractivity contribution in [3.05, 3.63) is 58.8 Å². The number of para-hydroxylation sites is 1. The highest BCUT2D eigenvalue weighted by Gasteiger charge is 2.65. The molecule has 2 bridgehead atoms. The molecule has 1 spiro atoms. The van der Waals surface area contributed by atoms with E-state index in [1.165, 1.54) is 33.3 Å². The van der Waals surface area contributed by atoms with Gasteiger partial charge in [0.05, 0.1) is 12.8 Å². The largest absolute Gasteiger partial charge is 0.493 e. The molecule has 0 radical (unpaired) electrons. The van der Waals surface area contributed by atoms with Crippen molar-refractivity contribution in [3.63, 3.8) is 0 Å². The Bertz CT molecular complexity index is 1150. The van der Waals surface area contributed by atoms with E-state index in [1.54, 1.807) is 7.11 Å². The number of aromatic nitrogens is 1. The Morgan fingerprint density at radius 3 is 2.96 bits per heavy atom. The number of likely N-dealkylation sites (N-methyl/N-ethyl adjacent to an activating group) is 1. The fraction of sp³-hybridized carbons (Fsp3) is 0.417. The summed E-state index contributed by atoms with van der Waals surface area (Å²) in [5.41, 5.74) is 6.99. The lowest BCUT2D eigenvalue weighted by Gasteiger charge is -2.57. The smallest absolute Gasteiger partial charge is 0.166 e. The first-order chi connectivity index (χ1) is 13.7. The Labute approximate surface area is 164 Å². The van der Waals surface area contributed by atoms with Gasteiger partial charge in [-0.3, -0.25) is 0 Å². The third kappa shape index (κ3) is 1.56. The molecule has 1 saturated heterocycles. The van der Waals surface area contributed by atoms with E-state index >= 15 is 0 Å². The Hall–Kier alpha value is -2.46. The highest BCUT2D eigenvalue weighted by molar-refractivity contribution is 5.86. The van der Waals surface area contributed by atoms with Gasteiger partial charge in [-0.1, -0.05) is 24.3 Å². The summed E-state index contributed by atoms with van der Waals surface area (Å²) in [6, 6.07) is 13.7. The van der Waals surface area contributed by atoms with Gasteiger partial charge in [0.1, 0.15) is 6.10 Å². The summed E-state index contributed by atoms with van der Waals surface area (Å²) in [5, 5.41) is 1.37. The minimum atomic E-state index is 0.0650. The maximum absolute atomic E-state index is 6.82. The fourth-order valence-electron chi connectivity index (χ4n) is 6.96. The van der Waals surface area contributed by atoms with Gasteiger partial charge in [-0.05, 0) is 62.0 Å². The van der Waals surface area contributed by atoms with E-state index in [4.69, 9.17) is 9.47 Å². The molecular formula is C24H24N2O2. The molecule has 4 atom stereocenters. The molecule has 1 N–H and O–H groups in total. The van der Waals surface area contributed by atoms with Gasteiger partial charge in [0.2, 0.25) is 0 Å². The molecule has 0 saturated carbocycles. The number of benzene rings is 2. The van der Waals surface area contributed by atoms with Gasteiger partial charge in [-0.2, -0.15) is 0 Å². The van der Waals surface area contributed by atoms with Gasteiger partial charge >= 0.3 is 0 Å².